The minimum Gasteiger partial charge on any atom is -0.355 e. The van der Waals surface area contributed by atoms with Crippen molar-refractivity contribution in [2.45, 2.75) is 12.8 Å². The number of aromatic amines is 1. The van der Waals surface area contributed by atoms with E-state index in [0.717, 1.165) is 12.8 Å². The highest BCUT2D eigenvalue weighted by Gasteiger charge is 2.12. The lowest BCUT2D eigenvalue weighted by molar-refractivity contribution is 0.998. The number of benzene rings is 2. The van der Waals surface area contributed by atoms with Gasteiger partial charge in [0.25, 0.3) is 0 Å². The molecule has 1 N–H and O–H groups in total. The lowest BCUT2D eigenvalue weighted by Crippen LogP contribution is -1.94. The number of hydrogen-bond acceptors (Lipinski definition) is 0. The monoisotopic (exact) mass is 219 g/mol. The van der Waals surface area contributed by atoms with Gasteiger partial charge in [0.1, 0.15) is 0 Å². The Balaban J connectivity index is 2.24. The number of H-pyrrole nitrogens is 1. The van der Waals surface area contributed by atoms with Gasteiger partial charge in [-0.25, -0.2) is 0 Å². The molecule has 1 aliphatic rings. The molecule has 17 heavy (non-hydrogen) atoms. The van der Waals surface area contributed by atoms with Crippen LogP contribution in [0.3, 0.4) is 0 Å². The molecule has 82 valence electrons. The molecule has 0 saturated carbocycles. The maximum atomic E-state index is 3.50. The maximum Gasteiger partial charge on any atom is 0.0468 e. The molecule has 1 aromatic heterocycles. The van der Waals surface area contributed by atoms with Gasteiger partial charge in [-0.15, -0.1) is 0 Å². The molecule has 2 aromatic carbocycles. The summed E-state index contributed by atoms with van der Waals surface area (Å²) in [5.74, 6) is 0. The Bertz CT molecular complexity index is 747. The summed E-state index contributed by atoms with van der Waals surface area (Å²) in [4.78, 5) is 3.50. The highest BCUT2D eigenvalue weighted by molar-refractivity contribution is 6.10. The van der Waals surface area contributed by atoms with Gasteiger partial charge in [-0.2, -0.15) is 0 Å². The summed E-state index contributed by atoms with van der Waals surface area (Å²) in [6, 6.07) is 13.0. The van der Waals surface area contributed by atoms with Crippen LogP contribution in [0, 0.1) is 0 Å². The number of hydrogen-bond donors (Lipinski definition) is 1. The second-order valence-electron chi connectivity index (χ2n) is 4.67. The zero-order chi connectivity index (χ0) is 11.2. The molecule has 1 aliphatic carbocycles. The number of para-hydroxylation sites is 1. The summed E-state index contributed by atoms with van der Waals surface area (Å²) in [5.41, 5.74) is 5.39. The van der Waals surface area contributed by atoms with Gasteiger partial charge < -0.3 is 4.98 Å². The van der Waals surface area contributed by atoms with Crippen molar-refractivity contribution in [1.82, 2.24) is 4.98 Å². The van der Waals surface area contributed by atoms with Gasteiger partial charge in [-0.1, -0.05) is 36.4 Å². The summed E-state index contributed by atoms with van der Waals surface area (Å²) in [7, 11) is 0. The maximum absolute atomic E-state index is 3.50. The summed E-state index contributed by atoms with van der Waals surface area (Å²) in [6.07, 6.45) is 6.83. The van der Waals surface area contributed by atoms with Crippen LogP contribution in [0.4, 0.5) is 0 Å². The fraction of sp³-hybridized carbons (Fsp3) is 0.125. The lowest BCUT2D eigenvalue weighted by atomic mass is 9.93. The van der Waals surface area contributed by atoms with E-state index in [-0.39, 0.29) is 0 Å². The molecule has 4 rings (SSSR count). The van der Waals surface area contributed by atoms with Crippen molar-refractivity contribution in [3.63, 3.8) is 0 Å². The van der Waals surface area contributed by atoms with E-state index in [1.165, 1.54) is 32.9 Å². The van der Waals surface area contributed by atoms with Crippen LogP contribution in [-0.2, 0) is 6.42 Å². The van der Waals surface area contributed by atoms with Crippen molar-refractivity contribution < 1.29 is 0 Å². The van der Waals surface area contributed by atoms with Gasteiger partial charge in [0.2, 0.25) is 0 Å². The molecule has 0 saturated heterocycles. The summed E-state index contributed by atoms with van der Waals surface area (Å²) in [5, 5.41) is 2.78. The third kappa shape index (κ3) is 1.19. The first kappa shape index (κ1) is 9.06. The fourth-order valence-corrected chi connectivity index (χ4v) is 2.89. The molecule has 0 radical (unpaired) electrons. The average molecular weight is 219 g/mol. The second kappa shape index (κ2) is 3.24. The molecule has 3 aromatic rings. The largest absolute Gasteiger partial charge is 0.355 e. The number of rotatable bonds is 0. The average Bonchev–Trinajstić information content (AvgIpc) is 2.77. The van der Waals surface area contributed by atoms with Crippen LogP contribution in [0.15, 0.2) is 42.5 Å². The molecule has 0 aliphatic heterocycles. The standard InChI is InChI=1S/C16H13N/c1-2-6-12-11(5-1)9-10-15-16(12)13-7-3-4-8-14(13)17-15/h1,3-5,7-10,17H,2,6H2. The highest BCUT2D eigenvalue weighted by Crippen LogP contribution is 2.33. The van der Waals surface area contributed by atoms with Crippen LogP contribution < -0.4 is 0 Å². The van der Waals surface area contributed by atoms with Crippen LogP contribution in [-0.4, -0.2) is 4.98 Å². The van der Waals surface area contributed by atoms with Crippen molar-refractivity contribution in [2.24, 2.45) is 0 Å². The molecule has 0 fully saturated rings. The first-order chi connectivity index (χ1) is 8.43. The van der Waals surface area contributed by atoms with Gasteiger partial charge >= 0.3 is 0 Å². The Morgan fingerprint density at radius 1 is 0.941 bits per heavy atom. The number of nitrogens with one attached hydrogen (secondary N) is 1. The summed E-state index contributed by atoms with van der Waals surface area (Å²) < 4.78 is 0. The van der Waals surface area contributed by atoms with Crippen molar-refractivity contribution in [1.29, 1.82) is 0 Å². The zero-order valence-corrected chi connectivity index (χ0v) is 9.53. The van der Waals surface area contributed by atoms with Gasteiger partial charge in [0.05, 0.1) is 0 Å². The van der Waals surface area contributed by atoms with Crippen molar-refractivity contribution in [2.75, 3.05) is 0 Å². The van der Waals surface area contributed by atoms with E-state index in [9.17, 15) is 0 Å². The molecule has 1 nitrogen and oxygen atoms in total. The Hall–Kier alpha value is -2.02. The fourth-order valence-electron chi connectivity index (χ4n) is 2.89. The first-order valence-corrected chi connectivity index (χ1v) is 6.12. The van der Waals surface area contributed by atoms with E-state index >= 15 is 0 Å². The SMILES string of the molecule is C1=Cc2ccc3[nH]c4ccccc4c3c2CC1. The predicted molar refractivity (Wildman–Crippen MR) is 73.2 cm³/mol. The number of aryl methyl sites for hydroxylation is 1. The molecule has 0 amide bonds. The van der Waals surface area contributed by atoms with E-state index in [0.29, 0.717) is 0 Å². The van der Waals surface area contributed by atoms with E-state index in [4.69, 9.17) is 0 Å². The van der Waals surface area contributed by atoms with E-state index < -0.39 is 0 Å². The van der Waals surface area contributed by atoms with Crippen molar-refractivity contribution in [3.8, 4) is 0 Å². The predicted octanol–water partition coefficient (Wildman–Crippen LogP) is 4.28. The molecular formula is C16H13N. The number of fused-ring (bicyclic) bond motifs is 5. The molecule has 0 spiro atoms. The Morgan fingerprint density at radius 3 is 2.88 bits per heavy atom. The van der Waals surface area contributed by atoms with Gasteiger partial charge in [0.15, 0.2) is 0 Å². The normalized spacial score (nSPS) is 14.4. The van der Waals surface area contributed by atoms with Crippen LogP contribution in [0.1, 0.15) is 17.5 Å². The molecule has 0 bridgehead atoms. The molecule has 0 atom stereocenters. The van der Waals surface area contributed by atoms with Crippen LogP contribution in [0.25, 0.3) is 27.9 Å². The van der Waals surface area contributed by atoms with Gasteiger partial charge in [-0.3, -0.25) is 0 Å². The van der Waals surface area contributed by atoms with E-state index in [1.807, 2.05) is 0 Å². The Morgan fingerprint density at radius 2 is 1.88 bits per heavy atom. The third-order valence-corrected chi connectivity index (χ3v) is 3.67. The minimum atomic E-state index is 1.16. The van der Waals surface area contributed by atoms with Gasteiger partial charge in [0, 0.05) is 21.8 Å². The zero-order valence-electron chi connectivity index (χ0n) is 9.53. The Labute approximate surface area is 99.8 Å². The summed E-state index contributed by atoms with van der Waals surface area (Å²) in [6.45, 7) is 0. The van der Waals surface area contributed by atoms with Crippen LogP contribution in [0.2, 0.25) is 0 Å². The first-order valence-electron chi connectivity index (χ1n) is 6.12. The molecule has 0 unspecified atom stereocenters. The molecule has 1 heterocycles. The van der Waals surface area contributed by atoms with Crippen molar-refractivity contribution >= 4 is 27.9 Å². The molecular weight excluding hydrogens is 206 g/mol. The minimum absolute atomic E-state index is 1.16. The van der Waals surface area contributed by atoms with Crippen LogP contribution >= 0.6 is 0 Å². The van der Waals surface area contributed by atoms with E-state index in [1.54, 1.807) is 0 Å². The van der Waals surface area contributed by atoms with E-state index in [2.05, 4.69) is 53.5 Å². The van der Waals surface area contributed by atoms with Crippen molar-refractivity contribution in [3.05, 3.63) is 53.6 Å². The third-order valence-electron chi connectivity index (χ3n) is 3.67. The number of aromatic nitrogens is 1. The highest BCUT2D eigenvalue weighted by atomic mass is 14.7. The van der Waals surface area contributed by atoms with Crippen LogP contribution in [0.5, 0.6) is 0 Å². The topological polar surface area (TPSA) is 15.8 Å². The quantitative estimate of drug-likeness (QED) is 0.581. The lowest BCUT2D eigenvalue weighted by Gasteiger charge is -2.11. The Kier molecular flexibility index (Phi) is 1.72. The smallest absolute Gasteiger partial charge is 0.0468 e. The second-order valence-corrected chi connectivity index (χ2v) is 4.67. The molecule has 1 heteroatoms. The van der Waals surface area contributed by atoms with Gasteiger partial charge in [-0.05, 0) is 36.1 Å². The summed E-state index contributed by atoms with van der Waals surface area (Å²) >= 11 is 0. The number of allylic oxidation sites excluding steroid dienone is 1.